The first kappa shape index (κ1) is 18.5. The van der Waals surface area contributed by atoms with Gasteiger partial charge in [-0.1, -0.05) is 30.0 Å². The van der Waals surface area contributed by atoms with Crippen molar-refractivity contribution in [2.45, 2.75) is 52.7 Å². The summed E-state index contributed by atoms with van der Waals surface area (Å²) in [4.78, 5) is 21.1. The normalized spacial score (nSPS) is 12.1. The number of aromatic nitrogens is 2. The second kappa shape index (κ2) is 7.79. The molecule has 5 heteroatoms. The van der Waals surface area contributed by atoms with E-state index in [0.717, 1.165) is 22.5 Å². The summed E-state index contributed by atoms with van der Waals surface area (Å²) in [5.74, 6) is 0.308. The maximum atomic E-state index is 12.2. The van der Waals surface area contributed by atoms with Gasteiger partial charge in [0.1, 0.15) is 0 Å². The fourth-order valence-corrected chi connectivity index (χ4v) is 3.08. The number of carbonyl (C=O) groups excluding carboxylic acids is 1. The van der Waals surface area contributed by atoms with Gasteiger partial charge >= 0.3 is 0 Å². The molecule has 0 spiro atoms. The molecule has 1 amide bonds. The second-order valence-corrected chi connectivity index (χ2v) is 7.17. The van der Waals surface area contributed by atoms with Crippen molar-refractivity contribution in [1.29, 1.82) is 0 Å². The van der Waals surface area contributed by atoms with Crippen LogP contribution in [-0.4, -0.2) is 21.6 Å². The zero-order valence-electron chi connectivity index (χ0n) is 15.2. The number of aryl methyl sites for hydroxylation is 4. The fraction of sp³-hybridized carbons (Fsp3) is 0.421. The van der Waals surface area contributed by atoms with E-state index >= 15 is 0 Å². The maximum absolute atomic E-state index is 12.2. The first-order valence-corrected chi connectivity index (χ1v) is 9.07. The largest absolute Gasteiger partial charge is 0.349 e. The van der Waals surface area contributed by atoms with Crippen molar-refractivity contribution in [2.24, 2.45) is 0 Å². The number of carbonyl (C=O) groups is 1. The highest BCUT2D eigenvalue weighted by Crippen LogP contribution is 2.19. The molecular formula is C19H25N3OS. The lowest BCUT2D eigenvalue weighted by Gasteiger charge is -2.15. The minimum absolute atomic E-state index is 0.00907. The van der Waals surface area contributed by atoms with Crippen LogP contribution in [0.4, 0.5) is 0 Å². The van der Waals surface area contributed by atoms with Gasteiger partial charge in [-0.15, -0.1) is 0 Å². The zero-order chi connectivity index (χ0) is 17.9. The fourth-order valence-electron chi connectivity index (χ4n) is 2.34. The predicted molar refractivity (Wildman–Crippen MR) is 99.4 cm³/mol. The van der Waals surface area contributed by atoms with Crippen molar-refractivity contribution in [3.05, 3.63) is 51.8 Å². The molecule has 0 aliphatic heterocycles. The summed E-state index contributed by atoms with van der Waals surface area (Å²) in [6.07, 6.45) is 0. The van der Waals surface area contributed by atoms with Gasteiger partial charge in [0, 0.05) is 11.4 Å². The van der Waals surface area contributed by atoms with Crippen molar-refractivity contribution in [2.75, 3.05) is 5.75 Å². The van der Waals surface area contributed by atoms with E-state index < -0.39 is 0 Å². The molecule has 0 saturated carbocycles. The molecule has 2 rings (SSSR count). The van der Waals surface area contributed by atoms with Gasteiger partial charge < -0.3 is 5.32 Å². The van der Waals surface area contributed by atoms with E-state index in [2.05, 4.69) is 47.3 Å². The van der Waals surface area contributed by atoms with Crippen molar-refractivity contribution in [3.8, 4) is 0 Å². The van der Waals surface area contributed by atoms with Gasteiger partial charge in [0.15, 0.2) is 5.16 Å². The summed E-state index contributed by atoms with van der Waals surface area (Å²) in [6.45, 7) is 12.1. The van der Waals surface area contributed by atoms with Crippen LogP contribution < -0.4 is 5.32 Å². The van der Waals surface area contributed by atoms with Crippen molar-refractivity contribution >= 4 is 17.7 Å². The van der Waals surface area contributed by atoms with Crippen LogP contribution in [-0.2, 0) is 4.79 Å². The number of amides is 1. The van der Waals surface area contributed by atoms with Crippen LogP contribution in [0.2, 0.25) is 0 Å². The van der Waals surface area contributed by atoms with Gasteiger partial charge in [-0.3, -0.25) is 4.79 Å². The minimum atomic E-state index is -0.0141. The lowest BCUT2D eigenvalue weighted by atomic mass is 10.0. The van der Waals surface area contributed by atoms with E-state index in [1.54, 1.807) is 0 Å². The van der Waals surface area contributed by atoms with E-state index in [1.807, 2.05) is 27.7 Å². The monoisotopic (exact) mass is 343 g/mol. The molecule has 1 atom stereocenters. The smallest absolute Gasteiger partial charge is 0.230 e. The highest BCUT2D eigenvalue weighted by molar-refractivity contribution is 7.99. The summed E-state index contributed by atoms with van der Waals surface area (Å²) < 4.78 is 0. The maximum Gasteiger partial charge on any atom is 0.230 e. The standard InChI is InChI=1S/C19H25N3OS/c1-11-7-8-17(9-12(11)2)16(6)20-18(23)10-24-19-21-14(4)13(3)15(5)22-19/h7-9,16H,10H2,1-6H3,(H,20,23)/t16-/m0/s1. The number of nitrogens with one attached hydrogen (secondary N) is 1. The number of benzene rings is 1. The van der Waals surface area contributed by atoms with Gasteiger partial charge in [0.25, 0.3) is 0 Å². The van der Waals surface area contributed by atoms with Crippen molar-refractivity contribution in [3.63, 3.8) is 0 Å². The molecule has 4 nitrogen and oxygen atoms in total. The summed E-state index contributed by atoms with van der Waals surface area (Å²) in [7, 11) is 0. The molecule has 0 aliphatic carbocycles. The Balaban J connectivity index is 1.94. The van der Waals surface area contributed by atoms with Gasteiger partial charge in [0.05, 0.1) is 11.8 Å². The number of rotatable bonds is 5. The zero-order valence-corrected chi connectivity index (χ0v) is 16.0. The predicted octanol–water partition coefficient (Wildman–Crippen LogP) is 3.99. The Hall–Kier alpha value is -1.88. The molecule has 2 aromatic rings. The first-order chi connectivity index (χ1) is 11.3. The third-order valence-electron chi connectivity index (χ3n) is 4.35. The van der Waals surface area contributed by atoms with Crippen LogP contribution in [0, 0.1) is 34.6 Å². The summed E-state index contributed by atoms with van der Waals surface area (Å²) in [5, 5.41) is 3.70. The molecule has 0 unspecified atom stereocenters. The van der Waals surface area contributed by atoms with Crippen LogP contribution in [0.5, 0.6) is 0 Å². The third kappa shape index (κ3) is 4.57. The highest BCUT2D eigenvalue weighted by Gasteiger charge is 2.12. The molecule has 1 aromatic carbocycles. The van der Waals surface area contributed by atoms with Crippen molar-refractivity contribution in [1.82, 2.24) is 15.3 Å². The highest BCUT2D eigenvalue weighted by atomic mass is 32.2. The number of hydrogen-bond acceptors (Lipinski definition) is 4. The molecule has 1 N–H and O–H groups in total. The summed E-state index contributed by atoms with van der Waals surface area (Å²) in [6, 6.07) is 6.27. The van der Waals surface area contributed by atoms with E-state index in [9.17, 15) is 4.79 Å². The Kier molecular flexibility index (Phi) is 5.99. The van der Waals surface area contributed by atoms with E-state index in [0.29, 0.717) is 10.9 Å². The number of nitrogens with zero attached hydrogens (tertiary/aromatic N) is 2. The lowest BCUT2D eigenvalue weighted by Crippen LogP contribution is -2.28. The topological polar surface area (TPSA) is 54.9 Å². The molecule has 0 aliphatic rings. The molecule has 0 radical (unpaired) electrons. The third-order valence-corrected chi connectivity index (χ3v) is 5.20. The summed E-state index contributed by atoms with van der Waals surface area (Å²) in [5.41, 5.74) is 6.65. The van der Waals surface area contributed by atoms with Crippen molar-refractivity contribution < 1.29 is 4.79 Å². The van der Waals surface area contributed by atoms with Crippen LogP contribution in [0.25, 0.3) is 0 Å². The number of hydrogen-bond donors (Lipinski definition) is 1. The Morgan fingerprint density at radius 3 is 2.29 bits per heavy atom. The SMILES string of the molecule is Cc1ccc([C@H](C)NC(=O)CSc2nc(C)c(C)c(C)n2)cc1C. The Morgan fingerprint density at radius 2 is 1.71 bits per heavy atom. The van der Waals surface area contributed by atoms with Gasteiger partial charge in [-0.2, -0.15) is 0 Å². The van der Waals surface area contributed by atoms with Crippen LogP contribution in [0.1, 0.15) is 46.6 Å². The average Bonchev–Trinajstić information content (AvgIpc) is 2.53. The number of thioether (sulfide) groups is 1. The minimum Gasteiger partial charge on any atom is -0.349 e. The average molecular weight is 343 g/mol. The van der Waals surface area contributed by atoms with Gasteiger partial charge in [-0.05, 0) is 63.8 Å². The van der Waals surface area contributed by atoms with E-state index in [4.69, 9.17) is 0 Å². The Labute approximate surface area is 148 Å². The summed E-state index contributed by atoms with van der Waals surface area (Å²) >= 11 is 1.37. The molecule has 1 heterocycles. The molecule has 0 fully saturated rings. The van der Waals surface area contributed by atoms with Crippen LogP contribution in [0.3, 0.4) is 0 Å². The molecule has 24 heavy (non-hydrogen) atoms. The molecule has 128 valence electrons. The lowest BCUT2D eigenvalue weighted by molar-refractivity contribution is -0.119. The van der Waals surface area contributed by atoms with Gasteiger partial charge in [-0.25, -0.2) is 9.97 Å². The first-order valence-electron chi connectivity index (χ1n) is 8.09. The van der Waals surface area contributed by atoms with Crippen LogP contribution >= 0.6 is 11.8 Å². The Bertz CT molecular complexity index is 735. The molecular weight excluding hydrogens is 318 g/mol. The van der Waals surface area contributed by atoms with E-state index in [1.165, 1.54) is 22.9 Å². The van der Waals surface area contributed by atoms with E-state index in [-0.39, 0.29) is 11.9 Å². The Morgan fingerprint density at radius 1 is 1.08 bits per heavy atom. The van der Waals surface area contributed by atoms with Crippen LogP contribution in [0.15, 0.2) is 23.4 Å². The molecule has 1 aromatic heterocycles. The molecule has 0 saturated heterocycles. The second-order valence-electron chi connectivity index (χ2n) is 6.22. The molecule has 0 bridgehead atoms. The quantitative estimate of drug-likeness (QED) is 0.659. The van der Waals surface area contributed by atoms with Gasteiger partial charge in [0.2, 0.25) is 5.91 Å².